The second kappa shape index (κ2) is 9.50. The van der Waals surface area contributed by atoms with Gasteiger partial charge in [-0.3, -0.25) is 9.59 Å². The van der Waals surface area contributed by atoms with Crippen LogP contribution in [-0.4, -0.2) is 50.4 Å². The Hall–Kier alpha value is -3.68. The lowest BCUT2D eigenvalue weighted by Gasteiger charge is -2.14. The van der Waals surface area contributed by atoms with Crippen molar-refractivity contribution in [3.8, 4) is 11.1 Å². The van der Waals surface area contributed by atoms with E-state index in [0.29, 0.717) is 6.29 Å². The molecular weight excluding hydrogens is 374 g/mol. The average molecular weight is 395 g/mol. The van der Waals surface area contributed by atoms with Crippen LogP contribution in [0.5, 0.6) is 0 Å². The van der Waals surface area contributed by atoms with Gasteiger partial charge in [-0.25, -0.2) is 4.79 Å². The number of alkyl carbamates (subject to hydrolysis) is 1. The highest BCUT2D eigenvalue weighted by atomic mass is 16.5. The molecule has 29 heavy (non-hydrogen) atoms. The molecule has 0 heterocycles. The van der Waals surface area contributed by atoms with E-state index in [1.807, 2.05) is 48.5 Å². The highest BCUT2D eigenvalue weighted by molar-refractivity contribution is 5.87. The van der Waals surface area contributed by atoms with E-state index in [0.717, 1.165) is 22.3 Å². The molecule has 0 saturated carbocycles. The molecule has 3 amide bonds. The fourth-order valence-electron chi connectivity index (χ4n) is 3.26. The van der Waals surface area contributed by atoms with Crippen LogP contribution in [0.4, 0.5) is 4.79 Å². The summed E-state index contributed by atoms with van der Waals surface area (Å²) < 4.78 is 5.32. The molecule has 0 unspecified atom stereocenters. The summed E-state index contributed by atoms with van der Waals surface area (Å²) in [4.78, 5) is 45.1. The van der Waals surface area contributed by atoms with E-state index in [4.69, 9.17) is 4.74 Å². The molecule has 0 bridgehead atoms. The number of benzene rings is 2. The first-order valence-electron chi connectivity index (χ1n) is 9.16. The molecule has 0 saturated heterocycles. The maximum atomic E-state index is 12.0. The second-order valence-electron chi connectivity index (χ2n) is 6.43. The van der Waals surface area contributed by atoms with Crippen LogP contribution in [0.3, 0.4) is 0 Å². The Balaban J connectivity index is 1.47. The summed E-state index contributed by atoms with van der Waals surface area (Å²) in [7, 11) is 0. The van der Waals surface area contributed by atoms with Gasteiger partial charge in [-0.1, -0.05) is 48.5 Å². The molecule has 2 aromatic rings. The summed E-state index contributed by atoms with van der Waals surface area (Å²) >= 11 is 0. The van der Waals surface area contributed by atoms with E-state index in [-0.39, 0.29) is 32.2 Å². The molecule has 0 radical (unpaired) electrons. The number of carbonyl (C=O) groups is 4. The van der Waals surface area contributed by atoms with Crippen LogP contribution in [0.1, 0.15) is 17.0 Å². The van der Waals surface area contributed by atoms with Crippen molar-refractivity contribution >= 4 is 24.2 Å². The maximum absolute atomic E-state index is 12.0. The third kappa shape index (κ3) is 4.98. The summed E-state index contributed by atoms with van der Waals surface area (Å²) in [5.41, 5.74) is 4.45. The van der Waals surface area contributed by atoms with Crippen molar-refractivity contribution in [2.24, 2.45) is 0 Å². The van der Waals surface area contributed by atoms with Gasteiger partial charge in [-0.05, 0) is 22.3 Å². The van der Waals surface area contributed by atoms with Crippen molar-refractivity contribution in [3.05, 3.63) is 59.7 Å². The standard InChI is InChI=1S/C21H21N3O5/c25-10-9-22-19(26)11-23-20(27)12-24-21(28)29-13-18-16-7-3-1-5-14(16)15-6-2-4-8-17(15)18/h1-8,10,18H,9,11-13H2,(H,22,26)(H,23,27)(H,24,28). The van der Waals surface area contributed by atoms with E-state index in [9.17, 15) is 19.2 Å². The van der Waals surface area contributed by atoms with E-state index in [1.54, 1.807) is 0 Å². The largest absolute Gasteiger partial charge is 0.449 e. The van der Waals surface area contributed by atoms with Crippen molar-refractivity contribution in [2.75, 3.05) is 26.2 Å². The van der Waals surface area contributed by atoms with E-state index >= 15 is 0 Å². The van der Waals surface area contributed by atoms with Crippen LogP contribution in [0.15, 0.2) is 48.5 Å². The topological polar surface area (TPSA) is 114 Å². The fraction of sp³-hybridized carbons (Fsp3) is 0.238. The lowest BCUT2D eigenvalue weighted by Crippen LogP contribution is -2.42. The number of ether oxygens (including phenoxy) is 1. The van der Waals surface area contributed by atoms with Crippen molar-refractivity contribution in [2.45, 2.75) is 5.92 Å². The molecule has 0 fully saturated rings. The summed E-state index contributed by atoms with van der Waals surface area (Å²) in [5, 5.41) is 6.98. The highest BCUT2D eigenvalue weighted by Crippen LogP contribution is 2.44. The fourth-order valence-corrected chi connectivity index (χ4v) is 3.26. The Bertz CT molecular complexity index is 883. The van der Waals surface area contributed by atoms with E-state index < -0.39 is 17.9 Å². The first kappa shape index (κ1) is 20.1. The number of nitrogens with one attached hydrogen (secondary N) is 3. The van der Waals surface area contributed by atoms with E-state index in [2.05, 4.69) is 16.0 Å². The van der Waals surface area contributed by atoms with Gasteiger partial charge in [0.15, 0.2) is 0 Å². The normalized spacial score (nSPS) is 11.7. The number of carbonyl (C=O) groups excluding carboxylic acids is 4. The number of amides is 3. The Kier molecular flexibility index (Phi) is 6.57. The van der Waals surface area contributed by atoms with Crippen LogP contribution < -0.4 is 16.0 Å². The molecule has 2 aromatic carbocycles. The number of rotatable bonds is 8. The van der Waals surface area contributed by atoms with Gasteiger partial charge in [0.25, 0.3) is 0 Å². The van der Waals surface area contributed by atoms with Gasteiger partial charge < -0.3 is 25.5 Å². The molecule has 0 aromatic heterocycles. The zero-order valence-electron chi connectivity index (χ0n) is 15.6. The second-order valence-corrected chi connectivity index (χ2v) is 6.43. The van der Waals surface area contributed by atoms with Crippen molar-refractivity contribution < 1.29 is 23.9 Å². The zero-order valence-corrected chi connectivity index (χ0v) is 15.6. The molecule has 3 rings (SSSR count). The number of hydrogen-bond acceptors (Lipinski definition) is 5. The van der Waals surface area contributed by atoms with Gasteiger partial charge in [0.05, 0.1) is 13.1 Å². The minimum atomic E-state index is -0.715. The lowest BCUT2D eigenvalue weighted by molar-refractivity contribution is -0.125. The minimum absolute atomic E-state index is 0.0662. The molecule has 0 spiro atoms. The van der Waals surface area contributed by atoms with Crippen LogP contribution in [0, 0.1) is 0 Å². The molecule has 8 nitrogen and oxygen atoms in total. The molecule has 3 N–H and O–H groups in total. The van der Waals surface area contributed by atoms with E-state index in [1.165, 1.54) is 0 Å². The van der Waals surface area contributed by atoms with Crippen LogP contribution in [0.2, 0.25) is 0 Å². The number of hydrogen-bond donors (Lipinski definition) is 3. The Morgan fingerprint density at radius 1 is 0.828 bits per heavy atom. The molecule has 1 aliphatic carbocycles. The predicted molar refractivity (Wildman–Crippen MR) is 105 cm³/mol. The molecule has 8 heteroatoms. The predicted octanol–water partition coefficient (Wildman–Crippen LogP) is 0.956. The minimum Gasteiger partial charge on any atom is -0.449 e. The van der Waals surface area contributed by atoms with Gasteiger partial charge in [0.2, 0.25) is 11.8 Å². The lowest BCUT2D eigenvalue weighted by atomic mass is 9.98. The quantitative estimate of drug-likeness (QED) is 0.576. The van der Waals surface area contributed by atoms with Crippen LogP contribution in [0.25, 0.3) is 11.1 Å². The molecule has 1 aliphatic rings. The summed E-state index contributed by atoms with van der Waals surface area (Å²) in [5.74, 6) is -1.10. The summed E-state index contributed by atoms with van der Waals surface area (Å²) in [6.45, 7) is -0.570. The molecule has 0 atom stereocenters. The average Bonchev–Trinajstić information content (AvgIpc) is 3.07. The first-order valence-corrected chi connectivity index (χ1v) is 9.16. The number of aldehydes is 1. The smallest absolute Gasteiger partial charge is 0.407 e. The third-order valence-electron chi connectivity index (χ3n) is 4.57. The van der Waals surface area contributed by atoms with Gasteiger partial charge in [-0.2, -0.15) is 0 Å². The van der Waals surface area contributed by atoms with Crippen LogP contribution >= 0.6 is 0 Å². The molecule has 150 valence electrons. The summed E-state index contributed by atoms with van der Waals surface area (Å²) in [6, 6.07) is 16.0. The van der Waals surface area contributed by atoms with Crippen molar-refractivity contribution in [1.82, 2.24) is 16.0 Å². The number of fused-ring (bicyclic) bond motifs is 3. The monoisotopic (exact) mass is 395 g/mol. The molecule has 0 aliphatic heterocycles. The van der Waals surface area contributed by atoms with Crippen molar-refractivity contribution in [1.29, 1.82) is 0 Å². The zero-order chi connectivity index (χ0) is 20.6. The summed E-state index contributed by atoms with van der Waals surface area (Å²) in [6.07, 6.45) is -0.175. The maximum Gasteiger partial charge on any atom is 0.407 e. The van der Waals surface area contributed by atoms with Gasteiger partial charge in [0, 0.05) is 5.92 Å². The first-order chi connectivity index (χ1) is 14.1. The molecular formula is C21H21N3O5. The SMILES string of the molecule is O=CCNC(=O)CNC(=O)CNC(=O)OCC1c2ccccc2-c2ccccc21. The Morgan fingerprint density at radius 2 is 1.38 bits per heavy atom. The van der Waals surface area contributed by atoms with Gasteiger partial charge in [-0.15, -0.1) is 0 Å². The highest BCUT2D eigenvalue weighted by Gasteiger charge is 2.28. The van der Waals surface area contributed by atoms with Crippen LogP contribution in [-0.2, 0) is 19.1 Å². The Morgan fingerprint density at radius 3 is 2.00 bits per heavy atom. The van der Waals surface area contributed by atoms with Crippen molar-refractivity contribution in [3.63, 3.8) is 0 Å². The van der Waals surface area contributed by atoms with Gasteiger partial charge >= 0.3 is 6.09 Å². The third-order valence-corrected chi connectivity index (χ3v) is 4.57. The Labute approximate surface area is 167 Å². The van der Waals surface area contributed by atoms with Gasteiger partial charge in [0.1, 0.15) is 19.4 Å².